The van der Waals surface area contributed by atoms with Gasteiger partial charge in [-0.25, -0.2) is 0 Å². The van der Waals surface area contributed by atoms with E-state index in [4.69, 9.17) is 0 Å². The van der Waals surface area contributed by atoms with Gasteiger partial charge in [0.15, 0.2) is 5.78 Å². The molecule has 1 heterocycles. The summed E-state index contributed by atoms with van der Waals surface area (Å²) in [5.41, 5.74) is 4.92. The van der Waals surface area contributed by atoms with Crippen molar-refractivity contribution >= 4 is 36.4 Å². The van der Waals surface area contributed by atoms with Gasteiger partial charge in [0.2, 0.25) is 0 Å². The Morgan fingerprint density at radius 2 is 1.68 bits per heavy atom. The molecule has 1 atom stereocenters. The summed E-state index contributed by atoms with van der Waals surface area (Å²) in [5.74, 6) is 0.0514. The van der Waals surface area contributed by atoms with Crippen molar-refractivity contribution in [3.63, 3.8) is 0 Å². The van der Waals surface area contributed by atoms with Gasteiger partial charge in [-0.3, -0.25) is 9.89 Å². The first kappa shape index (κ1) is 14.4. The fourth-order valence-electron chi connectivity index (χ4n) is 3.35. The van der Waals surface area contributed by atoms with E-state index in [1.165, 1.54) is 5.30 Å². The van der Waals surface area contributed by atoms with E-state index in [0.29, 0.717) is 19.9 Å². The van der Waals surface area contributed by atoms with Crippen molar-refractivity contribution in [3.05, 3.63) is 77.9 Å². The van der Waals surface area contributed by atoms with Crippen LogP contribution in [0.3, 0.4) is 0 Å². The molecule has 1 aliphatic rings. The molecule has 1 aromatic heterocycles. The molecule has 4 aromatic rings. The van der Waals surface area contributed by atoms with Crippen LogP contribution < -0.4 is 10.4 Å². The molecule has 0 amide bonds. The van der Waals surface area contributed by atoms with Crippen LogP contribution >= 0.6 is 8.73 Å². The smallest absolute Gasteiger partial charge is 0.196 e. The Morgan fingerprint density at radius 3 is 2.56 bits per heavy atom. The van der Waals surface area contributed by atoms with Crippen molar-refractivity contribution in [2.45, 2.75) is 0 Å². The average Bonchev–Trinajstić information content (AvgIpc) is 3.10. The third kappa shape index (κ3) is 2.19. The SMILES string of the molecule is O=C1c2c(NPc3ccccc3)cccc2-c2n[nH]c3cccc1c23. The second-order valence-corrected chi connectivity index (χ2v) is 7.05. The summed E-state index contributed by atoms with van der Waals surface area (Å²) >= 11 is 0. The Labute approximate surface area is 146 Å². The van der Waals surface area contributed by atoms with E-state index in [-0.39, 0.29) is 5.78 Å². The van der Waals surface area contributed by atoms with Crippen LogP contribution in [-0.4, -0.2) is 16.0 Å². The van der Waals surface area contributed by atoms with E-state index in [2.05, 4.69) is 27.4 Å². The summed E-state index contributed by atoms with van der Waals surface area (Å²) in [4.78, 5) is 13.1. The number of hydrogen-bond donors (Lipinski definition) is 2. The lowest BCUT2D eigenvalue weighted by Crippen LogP contribution is -2.12. The number of nitrogens with zero attached hydrogens (tertiary/aromatic N) is 1. The number of carbonyl (C=O) groups excluding carboxylic acids is 1. The largest absolute Gasteiger partial charge is 0.362 e. The number of rotatable bonds is 3. The molecular formula is C20H14N3OP. The summed E-state index contributed by atoms with van der Waals surface area (Å²) in [7, 11) is 0.394. The Bertz CT molecular complexity index is 1120. The van der Waals surface area contributed by atoms with Crippen LogP contribution in [0.25, 0.3) is 22.2 Å². The van der Waals surface area contributed by atoms with Gasteiger partial charge < -0.3 is 5.09 Å². The molecule has 120 valence electrons. The standard InChI is InChI=1S/C20H14N3OP/c24-20-14-9-5-10-15-17(14)19(22-21-15)13-8-4-11-16(18(13)20)23-25-12-6-2-1-3-7-12/h1-11,23,25H,(H,21,22). The van der Waals surface area contributed by atoms with Gasteiger partial charge in [-0.2, -0.15) is 5.10 Å². The number of nitrogens with one attached hydrogen (secondary N) is 2. The predicted octanol–water partition coefficient (Wildman–Crippen LogP) is 4.11. The van der Waals surface area contributed by atoms with Crippen molar-refractivity contribution < 1.29 is 4.79 Å². The average molecular weight is 343 g/mol. The molecule has 1 unspecified atom stereocenters. The number of benzene rings is 3. The summed E-state index contributed by atoms with van der Waals surface area (Å²) in [6, 6.07) is 21.8. The number of hydrogen-bond acceptors (Lipinski definition) is 3. The first-order valence-electron chi connectivity index (χ1n) is 8.05. The second-order valence-electron chi connectivity index (χ2n) is 5.97. The van der Waals surface area contributed by atoms with Gasteiger partial charge >= 0.3 is 0 Å². The van der Waals surface area contributed by atoms with Crippen LogP contribution in [0.1, 0.15) is 15.9 Å². The van der Waals surface area contributed by atoms with Crippen molar-refractivity contribution in [3.8, 4) is 11.3 Å². The zero-order valence-corrected chi connectivity index (χ0v) is 14.2. The first-order valence-corrected chi connectivity index (χ1v) is 9.05. The molecular weight excluding hydrogens is 329 g/mol. The third-order valence-electron chi connectivity index (χ3n) is 4.50. The Kier molecular flexibility index (Phi) is 3.19. The first-order chi connectivity index (χ1) is 12.3. The summed E-state index contributed by atoms with van der Waals surface area (Å²) in [6.07, 6.45) is 0. The molecule has 2 N–H and O–H groups in total. The quantitative estimate of drug-likeness (QED) is 0.485. The predicted molar refractivity (Wildman–Crippen MR) is 103 cm³/mol. The Morgan fingerprint density at radius 1 is 0.880 bits per heavy atom. The number of H-pyrrole nitrogens is 1. The van der Waals surface area contributed by atoms with Crippen molar-refractivity contribution in [2.75, 3.05) is 5.09 Å². The normalized spacial score (nSPS) is 12.7. The topological polar surface area (TPSA) is 57.8 Å². The molecule has 0 radical (unpaired) electrons. The number of fused-ring (bicyclic) bond motifs is 2. The minimum atomic E-state index is 0.0514. The van der Waals surface area contributed by atoms with E-state index >= 15 is 0 Å². The molecule has 0 spiro atoms. The highest BCUT2D eigenvalue weighted by molar-refractivity contribution is 7.48. The van der Waals surface area contributed by atoms with Crippen LogP contribution in [0.5, 0.6) is 0 Å². The zero-order valence-electron chi connectivity index (χ0n) is 13.2. The molecule has 5 rings (SSSR count). The fraction of sp³-hybridized carbons (Fsp3) is 0. The number of carbonyl (C=O) groups is 1. The van der Waals surface area contributed by atoms with E-state index in [9.17, 15) is 4.79 Å². The van der Waals surface area contributed by atoms with Crippen LogP contribution in [0.15, 0.2) is 66.7 Å². The number of anilines is 1. The molecule has 4 nitrogen and oxygen atoms in total. The van der Waals surface area contributed by atoms with E-state index in [1.807, 2.05) is 54.6 Å². The lowest BCUT2D eigenvalue weighted by molar-refractivity contribution is 0.104. The van der Waals surface area contributed by atoms with Gasteiger partial charge in [0.1, 0.15) is 5.69 Å². The Hall–Kier alpha value is -2.97. The van der Waals surface area contributed by atoms with Crippen LogP contribution in [0.2, 0.25) is 0 Å². The zero-order chi connectivity index (χ0) is 16.8. The molecule has 0 saturated carbocycles. The minimum Gasteiger partial charge on any atom is -0.362 e. The van der Waals surface area contributed by atoms with Gasteiger partial charge in [0, 0.05) is 30.9 Å². The molecule has 0 aliphatic heterocycles. The monoisotopic (exact) mass is 343 g/mol. The van der Waals surface area contributed by atoms with E-state index in [0.717, 1.165) is 27.8 Å². The van der Waals surface area contributed by atoms with E-state index in [1.54, 1.807) is 0 Å². The molecule has 25 heavy (non-hydrogen) atoms. The highest BCUT2D eigenvalue weighted by Crippen LogP contribution is 2.41. The van der Waals surface area contributed by atoms with Gasteiger partial charge in [-0.05, 0) is 17.4 Å². The van der Waals surface area contributed by atoms with Gasteiger partial charge in [0.05, 0.1) is 11.1 Å². The van der Waals surface area contributed by atoms with Crippen LogP contribution in [0.4, 0.5) is 5.69 Å². The highest BCUT2D eigenvalue weighted by Gasteiger charge is 2.29. The maximum absolute atomic E-state index is 13.1. The molecule has 5 heteroatoms. The molecule has 3 aromatic carbocycles. The molecule has 1 aliphatic carbocycles. The molecule has 0 bridgehead atoms. The van der Waals surface area contributed by atoms with Crippen LogP contribution in [-0.2, 0) is 0 Å². The number of aromatic amines is 1. The number of ketones is 1. The van der Waals surface area contributed by atoms with E-state index < -0.39 is 0 Å². The highest BCUT2D eigenvalue weighted by atomic mass is 31.1. The Balaban J connectivity index is 1.63. The summed E-state index contributed by atoms with van der Waals surface area (Å²) < 4.78 is 0. The van der Waals surface area contributed by atoms with Crippen molar-refractivity contribution in [1.29, 1.82) is 0 Å². The van der Waals surface area contributed by atoms with Gasteiger partial charge in [0.25, 0.3) is 0 Å². The molecule has 0 saturated heterocycles. The third-order valence-corrected chi connectivity index (χ3v) is 5.51. The summed E-state index contributed by atoms with van der Waals surface area (Å²) in [6.45, 7) is 0. The second kappa shape index (κ2) is 5.54. The van der Waals surface area contributed by atoms with Gasteiger partial charge in [-0.1, -0.05) is 54.6 Å². The van der Waals surface area contributed by atoms with Crippen molar-refractivity contribution in [2.24, 2.45) is 0 Å². The van der Waals surface area contributed by atoms with Gasteiger partial charge in [-0.15, -0.1) is 0 Å². The lowest BCUT2D eigenvalue weighted by Gasteiger charge is -2.19. The minimum absolute atomic E-state index is 0.0514. The lowest BCUT2D eigenvalue weighted by atomic mass is 9.86. The summed E-state index contributed by atoms with van der Waals surface area (Å²) in [5, 5.41) is 13.1. The van der Waals surface area contributed by atoms with Crippen molar-refractivity contribution in [1.82, 2.24) is 10.2 Å². The maximum atomic E-state index is 13.1. The molecule has 0 fully saturated rings. The maximum Gasteiger partial charge on any atom is 0.196 e. The number of aromatic nitrogens is 2. The van der Waals surface area contributed by atoms with Crippen LogP contribution in [0, 0.1) is 0 Å². The fourth-order valence-corrected chi connectivity index (χ4v) is 4.20.